The molecule has 0 aliphatic carbocycles. The second-order valence-electron chi connectivity index (χ2n) is 5.85. The van der Waals surface area contributed by atoms with Crippen LogP contribution in [-0.4, -0.2) is 43.3 Å². The number of hydrogen-bond donors (Lipinski definition) is 2. The second kappa shape index (κ2) is 9.84. The number of amides is 1. The molecule has 0 saturated carbocycles. The van der Waals surface area contributed by atoms with Crippen LogP contribution in [0.2, 0.25) is 0 Å². The van der Waals surface area contributed by atoms with Crippen molar-refractivity contribution in [2.75, 3.05) is 26.2 Å². The Kier molecular flexibility index (Phi) is 8.47. The Balaban J connectivity index is 0.00000312. The van der Waals surface area contributed by atoms with Gasteiger partial charge in [0.25, 0.3) is 0 Å². The van der Waals surface area contributed by atoms with Gasteiger partial charge in [0, 0.05) is 26.2 Å². The summed E-state index contributed by atoms with van der Waals surface area (Å²) in [6.07, 6.45) is -2.93. The Bertz CT molecular complexity index is 540. The van der Waals surface area contributed by atoms with Gasteiger partial charge in [-0.15, -0.1) is 25.6 Å². The summed E-state index contributed by atoms with van der Waals surface area (Å²) in [6.45, 7) is 2.97. The molecule has 1 saturated heterocycles. The minimum atomic E-state index is -4.68. The number of halogens is 4. The number of likely N-dealkylation sites (tertiary alicyclic amines) is 1. The molecule has 5 nitrogen and oxygen atoms in total. The first-order valence-electron chi connectivity index (χ1n) is 7.92. The fourth-order valence-electron chi connectivity index (χ4n) is 2.81. The molecule has 1 aliphatic rings. The molecule has 142 valence electrons. The van der Waals surface area contributed by atoms with Crippen molar-refractivity contribution in [1.29, 1.82) is 0 Å². The van der Waals surface area contributed by atoms with Crippen LogP contribution in [0.15, 0.2) is 24.3 Å². The third kappa shape index (κ3) is 7.50. The van der Waals surface area contributed by atoms with Crippen LogP contribution in [-0.2, 0) is 11.3 Å². The number of rotatable bonds is 6. The fourth-order valence-corrected chi connectivity index (χ4v) is 2.81. The van der Waals surface area contributed by atoms with Gasteiger partial charge in [0.05, 0.1) is 5.92 Å². The van der Waals surface area contributed by atoms with Gasteiger partial charge in [-0.2, -0.15) is 0 Å². The highest BCUT2D eigenvalue weighted by Gasteiger charge is 2.31. The third-order valence-corrected chi connectivity index (χ3v) is 3.88. The second-order valence-corrected chi connectivity index (χ2v) is 5.85. The Labute approximate surface area is 151 Å². The van der Waals surface area contributed by atoms with Crippen molar-refractivity contribution >= 4 is 18.3 Å². The molecule has 1 atom stereocenters. The Hall–Kier alpha value is -1.51. The Morgan fingerprint density at radius 2 is 2.00 bits per heavy atom. The normalized spacial score (nSPS) is 18.3. The van der Waals surface area contributed by atoms with E-state index in [4.69, 9.17) is 5.73 Å². The molecular weight excluding hydrogens is 359 g/mol. The lowest BCUT2D eigenvalue weighted by Crippen LogP contribution is -2.43. The zero-order valence-corrected chi connectivity index (χ0v) is 14.5. The highest BCUT2D eigenvalue weighted by molar-refractivity contribution is 5.85. The van der Waals surface area contributed by atoms with Crippen LogP contribution >= 0.6 is 12.4 Å². The van der Waals surface area contributed by atoms with E-state index in [-0.39, 0.29) is 30.0 Å². The van der Waals surface area contributed by atoms with Gasteiger partial charge in [-0.3, -0.25) is 9.69 Å². The molecule has 25 heavy (non-hydrogen) atoms. The van der Waals surface area contributed by atoms with Crippen LogP contribution in [0.4, 0.5) is 13.2 Å². The topological polar surface area (TPSA) is 67.6 Å². The number of piperidine rings is 1. The average molecular weight is 382 g/mol. The molecule has 2 rings (SSSR count). The zero-order chi connectivity index (χ0) is 17.6. The Morgan fingerprint density at radius 1 is 1.32 bits per heavy atom. The van der Waals surface area contributed by atoms with Crippen LogP contribution < -0.4 is 15.8 Å². The van der Waals surface area contributed by atoms with Crippen molar-refractivity contribution in [2.24, 2.45) is 11.7 Å². The number of alkyl halides is 3. The largest absolute Gasteiger partial charge is 0.573 e. The molecule has 0 radical (unpaired) electrons. The first-order valence-corrected chi connectivity index (χ1v) is 7.92. The molecular formula is C16H23ClF3N3O2. The van der Waals surface area contributed by atoms with E-state index in [1.54, 1.807) is 12.1 Å². The number of benzene rings is 1. The lowest BCUT2D eigenvalue weighted by atomic mass is 9.96. The summed E-state index contributed by atoms with van der Waals surface area (Å²) < 4.78 is 40.3. The number of carbonyl (C=O) groups is 1. The molecule has 1 fully saturated rings. The van der Waals surface area contributed by atoms with E-state index in [1.807, 2.05) is 0 Å². The summed E-state index contributed by atoms with van der Waals surface area (Å²) >= 11 is 0. The Morgan fingerprint density at radius 3 is 2.60 bits per heavy atom. The number of nitrogens with zero attached hydrogens (tertiary/aromatic N) is 1. The van der Waals surface area contributed by atoms with Gasteiger partial charge in [-0.05, 0) is 37.1 Å². The number of nitrogens with two attached hydrogens (primary N) is 1. The molecule has 1 unspecified atom stereocenters. The average Bonchev–Trinajstić information content (AvgIpc) is 2.53. The summed E-state index contributed by atoms with van der Waals surface area (Å²) in [5.74, 6) is -0.291. The number of nitrogens with one attached hydrogen (secondary N) is 1. The molecule has 0 aromatic heterocycles. The molecule has 1 amide bonds. The summed E-state index contributed by atoms with van der Waals surface area (Å²) in [5.41, 5.74) is 6.26. The van der Waals surface area contributed by atoms with Crippen molar-refractivity contribution in [1.82, 2.24) is 10.2 Å². The van der Waals surface area contributed by atoms with Crippen LogP contribution in [0.5, 0.6) is 5.75 Å². The highest BCUT2D eigenvalue weighted by Crippen LogP contribution is 2.24. The third-order valence-electron chi connectivity index (χ3n) is 3.88. The first-order chi connectivity index (χ1) is 11.4. The minimum absolute atomic E-state index is 0. The van der Waals surface area contributed by atoms with Crippen molar-refractivity contribution in [3.05, 3.63) is 29.8 Å². The predicted octanol–water partition coefficient (Wildman–Crippen LogP) is 2.29. The van der Waals surface area contributed by atoms with E-state index in [1.165, 1.54) is 12.1 Å². The van der Waals surface area contributed by atoms with E-state index in [2.05, 4.69) is 15.0 Å². The van der Waals surface area contributed by atoms with Crippen molar-refractivity contribution < 1.29 is 22.7 Å². The van der Waals surface area contributed by atoms with Crippen molar-refractivity contribution in [2.45, 2.75) is 25.7 Å². The molecule has 3 N–H and O–H groups in total. The van der Waals surface area contributed by atoms with E-state index in [9.17, 15) is 18.0 Å². The number of hydrogen-bond acceptors (Lipinski definition) is 4. The maximum Gasteiger partial charge on any atom is 0.573 e. The van der Waals surface area contributed by atoms with E-state index in [0.717, 1.165) is 24.9 Å². The minimum Gasteiger partial charge on any atom is -0.406 e. The van der Waals surface area contributed by atoms with Gasteiger partial charge in [0.2, 0.25) is 5.91 Å². The van der Waals surface area contributed by atoms with Gasteiger partial charge in [0.1, 0.15) is 5.75 Å². The molecule has 1 aromatic carbocycles. The standard InChI is InChI=1S/C16H22F3N3O2.ClH/c17-16(18,19)24-14-5-3-12(4-6-14)10-22-9-1-2-13(11-22)15(23)21-8-7-20;/h3-6,13H,1-2,7-11,20H2,(H,21,23);1H. The smallest absolute Gasteiger partial charge is 0.406 e. The fraction of sp³-hybridized carbons (Fsp3) is 0.562. The van der Waals surface area contributed by atoms with Gasteiger partial charge in [-0.25, -0.2) is 0 Å². The van der Waals surface area contributed by atoms with E-state index < -0.39 is 6.36 Å². The lowest BCUT2D eigenvalue weighted by molar-refractivity contribution is -0.274. The maximum atomic E-state index is 12.1. The predicted molar refractivity (Wildman–Crippen MR) is 90.4 cm³/mol. The maximum absolute atomic E-state index is 12.1. The van der Waals surface area contributed by atoms with Gasteiger partial charge >= 0.3 is 6.36 Å². The first kappa shape index (κ1) is 21.5. The highest BCUT2D eigenvalue weighted by atomic mass is 35.5. The van der Waals surface area contributed by atoms with E-state index in [0.29, 0.717) is 26.2 Å². The van der Waals surface area contributed by atoms with Gasteiger partial charge < -0.3 is 15.8 Å². The SMILES string of the molecule is Cl.NCCNC(=O)C1CCCN(Cc2ccc(OC(F)(F)F)cc2)C1. The lowest BCUT2D eigenvalue weighted by Gasteiger charge is -2.32. The van der Waals surface area contributed by atoms with Crippen LogP contribution in [0.25, 0.3) is 0 Å². The van der Waals surface area contributed by atoms with Crippen molar-refractivity contribution in [3.63, 3.8) is 0 Å². The molecule has 0 spiro atoms. The van der Waals surface area contributed by atoms with Gasteiger partial charge in [0.15, 0.2) is 0 Å². The molecule has 9 heteroatoms. The number of ether oxygens (including phenoxy) is 1. The molecule has 1 aromatic rings. The monoisotopic (exact) mass is 381 g/mol. The number of carbonyl (C=O) groups excluding carboxylic acids is 1. The summed E-state index contributed by atoms with van der Waals surface area (Å²) in [7, 11) is 0. The van der Waals surface area contributed by atoms with Gasteiger partial charge in [-0.1, -0.05) is 12.1 Å². The zero-order valence-electron chi connectivity index (χ0n) is 13.7. The van der Waals surface area contributed by atoms with Crippen LogP contribution in [0.3, 0.4) is 0 Å². The molecule has 1 heterocycles. The summed E-state index contributed by atoms with van der Waals surface area (Å²) in [4.78, 5) is 14.2. The van der Waals surface area contributed by atoms with Crippen LogP contribution in [0.1, 0.15) is 18.4 Å². The molecule has 1 aliphatic heterocycles. The quantitative estimate of drug-likeness (QED) is 0.793. The summed E-state index contributed by atoms with van der Waals surface area (Å²) in [5, 5.41) is 2.80. The summed E-state index contributed by atoms with van der Waals surface area (Å²) in [6, 6.07) is 5.83. The van der Waals surface area contributed by atoms with Crippen LogP contribution in [0, 0.1) is 5.92 Å². The van der Waals surface area contributed by atoms with Crippen molar-refractivity contribution in [3.8, 4) is 5.75 Å². The molecule has 0 bridgehead atoms. The van der Waals surface area contributed by atoms with E-state index >= 15 is 0 Å².